The van der Waals surface area contributed by atoms with Crippen LogP contribution in [0.1, 0.15) is 28.8 Å². The van der Waals surface area contributed by atoms with Crippen LogP contribution in [0.5, 0.6) is 11.5 Å². The van der Waals surface area contributed by atoms with E-state index < -0.39 is 57.1 Å². The van der Waals surface area contributed by atoms with Gasteiger partial charge >= 0.3 is 6.18 Å². The second-order valence-corrected chi connectivity index (χ2v) is 9.09. The Morgan fingerprint density at radius 2 is 1.72 bits per heavy atom. The molecule has 0 bridgehead atoms. The smallest absolute Gasteiger partial charge is 0.417 e. The van der Waals surface area contributed by atoms with Crippen molar-refractivity contribution in [2.45, 2.75) is 19.0 Å². The number of carbonyl (C=O) groups is 1. The molecule has 1 aromatic heterocycles. The van der Waals surface area contributed by atoms with Gasteiger partial charge in [0, 0.05) is 30.8 Å². The number of alkyl halides is 3. The molecule has 1 aliphatic heterocycles. The number of halogens is 7. The van der Waals surface area contributed by atoms with Gasteiger partial charge in [-0.2, -0.15) is 17.6 Å². The summed E-state index contributed by atoms with van der Waals surface area (Å²) in [6.45, 7) is 1.64. The summed E-state index contributed by atoms with van der Waals surface area (Å²) in [7, 11) is 0. The molecule has 13 heteroatoms. The molecule has 5 rings (SSSR count). The van der Waals surface area contributed by atoms with Crippen LogP contribution in [-0.4, -0.2) is 29.0 Å². The summed E-state index contributed by atoms with van der Waals surface area (Å²) < 4.78 is 88.9. The molecule has 0 saturated carbocycles. The normalized spacial score (nSPS) is 13.7. The Hall–Kier alpha value is -4.06. The third-order valence-corrected chi connectivity index (χ3v) is 6.38. The minimum absolute atomic E-state index is 0.0939. The number of hydrogen-bond acceptors (Lipinski definition) is 5. The lowest BCUT2D eigenvalue weighted by molar-refractivity contribution is -0.137. The van der Waals surface area contributed by atoms with Crippen LogP contribution < -0.4 is 15.0 Å². The van der Waals surface area contributed by atoms with Crippen molar-refractivity contribution >= 4 is 40.0 Å². The van der Waals surface area contributed by atoms with E-state index in [4.69, 9.17) is 16.3 Å². The van der Waals surface area contributed by atoms with Crippen molar-refractivity contribution in [2.75, 3.05) is 23.3 Å². The molecule has 39 heavy (non-hydrogen) atoms. The molecule has 2 heterocycles. The Bertz CT molecular complexity index is 1590. The summed E-state index contributed by atoms with van der Waals surface area (Å²) in [4.78, 5) is 23.4. The van der Waals surface area contributed by atoms with E-state index in [9.17, 15) is 26.7 Å². The molecule has 0 atom stereocenters. The largest absolute Gasteiger partial charge is 0.451 e. The van der Waals surface area contributed by atoms with E-state index in [2.05, 4.69) is 9.97 Å². The number of anilines is 2. The predicted molar refractivity (Wildman–Crippen MR) is 132 cm³/mol. The summed E-state index contributed by atoms with van der Waals surface area (Å²) >= 11 is 5.55. The first-order valence-corrected chi connectivity index (χ1v) is 11.9. The van der Waals surface area contributed by atoms with Crippen LogP contribution in [0.4, 0.5) is 37.8 Å². The van der Waals surface area contributed by atoms with Crippen molar-refractivity contribution in [2.24, 2.45) is 0 Å². The van der Waals surface area contributed by atoms with Crippen LogP contribution in [0, 0.1) is 17.5 Å². The Morgan fingerprint density at radius 3 is 2.44 bits per heavy atom. The minimum Gasteiger partial charge on any atom is -0.451 e. The summed E-state index contributed by atoms with van der Waals surface area (Å²) in [6.07, 6.45) is -1.21. The van der Waals surface area contributed by atoms with Crippen LogP contribution >= 0.6 is 11.6 Å². The molecule has 1 N–H and O–H groups in total. The number of hydrogen-bond donors (Lipinski definition) is 1. The first kappa shape index (κ1) is 26.5. The Kier molecular flexibility index (Phi) is 6.98. The van der Waals surface area contributed by atoms with Crippen molar-refractivity contribution in [3.05, 3.63) is 82.3 Å². The molecule has 1 saturated heterocycles. The summed E-state index contributed by atoms with van der Waals surface area (Å²) in [6, 6.07) is 6.84. The van der Waals surface area contributed by atoms with Crippen LogP contribution in [0.3, 0.4) is 0 Å². The Morgan fingerprint density at radius 1 is 0.974 bits per heavy atom. The lowest BCUT2D eigenvalue weighted by Crippen LogP contribution is -2.19. The van der Waals surface area contributed by atoms with E-state index in [1.165, 1.54) is 18.2 Å². The third kappa shape index (κ3) is 5.42. The monoisotopic (exact) mass is 566 g/mol. The van der Waals surface area contributed by atoms with Gasteiger partial charge < -0.3 is 15.0 Å². The van der Waals surface area contributed by atoms with Crippen LogP contribution in [0.15, 0.2) is 48.7 Å². The van der Waals surface area contributed by atoms with Gasteiger partial charge in [0.25, 0.3) is 5.91 Å². The predicted octanol–water partition coefficient (Wildman–Crippen LogP) is 7.36. The van der Waals surface area contributed by atoms with E-state index in [0.717, 1.165) is 38.1 Å². The van der Waals surface area contributed by atoms with Gasteiger partial charge in [-0.25, -0.2) is 13.8 Å². The van der Waals surface area contributed by atoms with Gasteiger partial charge in [-0.1, -0.05) is 11.6 Å². The first-order valence-electron chi connectivity index (χ1n) is 11.6. The number of carbonyl (C=O) groups excluding carboxylic acids is 1. The molecule has 0 aliphatic carbocycles. The van der Waals surface area contributed by atoms with E-state index in [0.29, 0.717) is 29.0 Å². The van der Waals surface area contributed by atoms with Crippen molar-refractivity contribution in [3.8, 4) is 11.5 Å². The quantitative estimate of drug-likeness (QED) is 0.202. The van der Waals surface area contributed by atoms with Crippen molar-refractivity contribution in [1.29, 1.82) is 0 Å². The summed E-state index contributed by atoms with van der Waals surface area (Å²) in [5.74, 6) is -6.57. The van der Waals surface area contributed by atoms with Crippen LogP contribution in [0.2, 0.25) is 5.02 Å². The lowest BCUT2D eigenvalue weighted by atomic mass is 10.1. The van der Waals surface area contributed by atoms with Gasteiger partial charge in [-0.05, 0) is 43.2 Å². The fourth-order valence-corrected chi connectivity index (χ4v) is 4.33. The number of amides is 1. The van der Waals surface area contributed by atoms with Crippen LogP contribution in [-0.2, 0) is 6.18 Å². The molecule has 0 unspecified atom stereocenters. The molecule has 202 valence electrons. The third-order valence-electron chi connectivity index (χ3n) is 6.05. The minimum atomic E-state index is -4.86. The number of nitrogens with one attached hydrogen (secondary N) is 1. The van der Waals surface area contributed by atoms with Gasteiger partial charge in [-0.15, -0.1) is 0 Å². The molecule has 3 aromatic carbocycles. The molecule has 6 nitrogen and oxygen atoms in total. The van der Waals surface area contributed by atoms with Crippen molar-refractivity contribution in [1.82, 2.24) is 9.97 Å². The summed E-state index contributed by atoms with van der Waals surface area (Å²) in [5, 5.41) is 1.30. The van der Waals surface area contributed by atoms with Gasteiger partial charge in [0.05, 0.1) is 33.5 Å². The highest BCUT2D eigenvalue weighted by molar-refractivity contribution is 6.31. The zero-order chi connectivity index (χ0) is 27.9. The van der Waals surface area contributed by atoms with Crippen molar-refractivity contribution in [3.63, 3.8) is 0 Å². The van der Waals surface area contributed by atoms with Gasteiger partial charge in [-0.3, -0.25) is 9.78 Å². The lowest BCUT2D eigenvalue weighted by Gasteiger charge is -2.16. The number of fused-ring (bicyclic) bond motifs is 1. The van der Waals surface area contributed by atoms with Gasteiger partial charge in [0.15, 0.2) is 11.6 Å². The van der Waals surface area contributed by atoms with Crippen molar-refractivity contribution < 1.29 is 35.9 Å². The van der Waals surface area contributed by atoms with E-state index in [1.807, 2.05) is 10.2 Å². The van der Waals surface area contributed by atoms with Crippen LogP contribution in [0.25, 0.3) is 11.0 Å². The first-order chi connectivity index (χ1) is 18.5. The molecule has 0 radical (unpaired) electrons. The number of benzene rings is 3. The fraction of sp³-hybridized carbons (Fsp3) is 0.192. The summed E-state index contributed by atoms with van der Waals surface area (Å²) in [5.41, 5.74) is -1.83. The maximum absolute atomic E-state index is 15.2. The van der Waals surface area contributed by atoms with E-state index in [1.54, 1.807) is 6.20 Å². The Balaban J connectivity index is 1.44. The number of ether oxygens (including phenoxy) is 1. The topological polar surface area (TPSA) is 67.3 Å². The molecule has 4 aromatic rings. The number of aromatic nitrogens is 2. The maximum atomic E-state index is 15.2. The Labute approximate surface area is 222 Å². The zero-order valence-electron chi connectivity index (χ0n) is 19.8. The maximum Gasteiger partial charge on any atom is 0.417 e. The van der Waals surface area contributed by atoms with E-state index in [-0.39, 0.29) is 5.75 Å². The molecule has 1 amide bonds. The second-order valence-electron chi connectivity index (χ2n) is 8.68. The molecular weight excluding hydrogens is 550 g/mol. The van der Waals surface area contributed by atoms with Gasteiger partial charge in [0.1, 0.15) is 11.6 Å². The average molecular weight is 567 g/mol. The van der Waals surface area contributed by atoms with Gasteiger partial charge in [0.2, 0.25) is 11.6 Å². The van der Waals surface area contributed by atoms with E-state index >= 15 is 4.39 Å². The zero-order valence-corrected chi connectivity index (χ0v) is 20.5. The molecule has 0 spiro atoms. The fourth-order valence-electron chi connectivity index (χ4n) is 4.10. The highest BCUT2D eigenvalue weighted by Gasteiger charge is 2.34. The highest BCUT2D eigenvalue weighted by atomic mass is 35.5. The number of nitrogens with zero attached hydrogens (tertiary/aromatic N) is 3. The molecular formula is C26H17ClF6N4O2. The average Bonchev–Trinajstić information content (AvgIpc) is 3.44. The second kappa shape index (κ2) is 10.3. The standard InChI is InChI=1S/C26H17ClF6N4O2/c27-16-5-3-13(9-15(16)26(31,32)33)25(38)36-20-11-17(28)22(29)24(23(20)30)39-14-4-6-18-19(10-14)35-21(12-34-18)37-7-1-2-8-37/h3-6,9-12H,1-2,7-8H2,(H,36,38). The molecule has 1 fully saturated rings. The number of rotatable bonds is 5. The molecule has 1 aliphatic rings. The SMILES string of the molecule is O=C(Nc1cc(F)c(F)c(Oc2ccc3ncc(N4CCCC4)nc3c2)c1F)c1ccc(Cl)c(C(F)(F)F)c1. The highest BCUT2D eigenvalue weighted by Crippen LogP contribution is 2.37.